The van der Waals surface area contributed by atoms with Crippen LogP contribution in [0.5, 0.6) is 0 Å². The fourth-order valence-electron chi connectivity index (χ4n) is 1.96. The second-order valence-electron chi connectivity index (χ2n) is 5.28. The first kappa shape index (κ1) is 17.7. The molecule has 0 aromatic heterocycles. The lowest BCUT2D eigenvalue weighted by molar-refractivity contribution is 0.0955. The number of amides is 1. The van der Waals surface area contributed by atoms with E-state index in [9.17, 15) is 13.2 Å². The molecule has 2 aromatic rings. The zero-order valence-electron chi connectivity index (χ0n) is 13.7. The van der Waals surface area contributed by atoms with Crippen LogP contribution in [0.2, 0.25) is 0 Å². The van der Waals surface area contributed by atoms with E-state index in [2.05, 4.69) is 10.5 Å². The van der Waals surface area contributed by atoms with Crippen molar-refractivity contribution in [3.63, 3.8) is 0 Å². The van der Waals surface area contributed by atoms with E-state index in [-0.39, 0.29) is 5.91 Å². The van der Waals surface area contributed by atoms with Crippen molar-refractivity contribution in [1.82, 2.24) is 5.43 Å². The van der Waals surface area contributed by atoms with Crippen LogP contribution >= 0.6 is 0 Å². The van der Waals surface area contributed by atoms with Crippen LogP contribution in [0.4, 0.5) is 5.69 Å². The van der Waals surface area contributed by atoms with Crippen molar-refractivity contribution in [3.05, 3.63) is 65.7 Å². The predicted octanol–water partition coefficient (Wildman–Crippen LogP) is 2.24. The van der Waals surface area contributed by atoms with Crippen molar-refractivity contribution in [2.24, 2.45) is 5.10 Å². The van der Waals surface area contributed by atoms with Gasteiger partial charge < -0.3 is 0 Å². The number of carbonyl (C=O) groups excluding carboxylic acids is 1. The molecule has 0 aliphatic rings. The van der Waals surface area contributed by atoms with Crippen LogP contribution in [0.1, 0.15) is 22.8 Å². The monoisotopic (exact) mass is 345 g/mol. The van der Waals surface area contributed by atoms with Gasteiger partial charge in [-0.15, -0.1) is 0 Å². The molecule has 0 bridgehead atoms. The van der Waals surface area contributed by atoms with E-state index >= 15 is 0 Å². The Bertz CT molecular complexity index is 844. The molecule has 24 heavy (non-hydrogen) atoms. The number of nitrogens with one attached hydrogen (secondary N) is 1. The van der Waals surface area contributed by atoms with Gasteiger partial charge in [-0.05, 0) is 36.8 Å². The van der Waals surface area contributed by atoms with E-state index < -0.39 is 10.0 Å². The Morgan fingerprint density at radius 2 is 1.58 bits per heavy atom. The third-order valence-corrected chi connectivity index (χ3v) is 4.71. The van der Waals surface area contributed by atoms with Gasteiger partial charge in [0.1, 0.15) is 0 Å². The Kier molecular flexibility index (Phi) is 5.35. The van der Waals surface area contributed by atoms with Crippen LogP contribution in [0.3, 0.4) is 0 Å². The number of hydrogen-bond acceptors (Lipinski definition) is 4. The van der Waals surface area contributed by atoms with Crippen LogP contribution in [0.25, 0.3) is 0 Å². The average Bonchev–Trinajstić information content (AvgIpc) is 2.58. The highest BCUT2D eigenvalue weighted by atomic mass is 32.2. The van der Waals surface area contributed by atoms with E-state index in [0.29, 0.717) is 17.0 Å². The summed E-state index contributed by atoms with van der Waals surface area (Å²) in [5.41, 5.74) is 4.98. The van der Waals surface area contributed by atoms with Crippen LogP contribution in [-0.4, -0.2) is 33.3 Å². The predicted molar refractivity (Wildman–Crippen MR) is 95.8 cm³/mol. The van der Waals surface area contributed by atoms with Crippen LogP contribution < -0.4 is 9.73 Å². The molecule has 0 saturated carbocycles. The lowest BCUT2D eigenvalue weighted by Crippen LogP contribution is -2.25. The zero-order chi connectivity index (χ0) is 17.7. The smallest absolute Gasteiger partial charge is 0.271 e. The van der Waals surface area contributed by atoms with E-state index in [4.69, 9.17) is 0 Å². The van der Waals surface area contributed by atoms with E-state index in [1.165, 1.54) is 7.05 Å². The summed E-state index contributed by atoms with van der Waals surface area (Å²) in [7, 11) is -1.87. The maximum atomic E-state index is 12.1. The second kappa shape index (κ2) is 7.27. The third-order valence-electron chi connectivity index (χ3n) is 3.51. The molecule has 0 unspecified atom stereocenters. The number of anilines is 1. The summed E-state index contributed by atoms with van der Waals surface area (Å²) in [4.78, 5) is 12.1. The first-order valence-electron chi connectivity index (χ1n) is 7.23. The minimum absolute atomic E-state index is 0.362. The molecule has 6 nitrogen and oxygen atoms in total. The van der Waals surface area contributed by atoms with Crippen LogP contribution in [-0.2, 0) is 10.0 Å². The Balaban J connectivity index is 2.08. The molecule has 0 radical (unpaired) electrons. The number of benzene rings is 2. The molecule has 0 saturated heterocycles. The van der Waals surface area contributed by atoms with Crippen molar-refractivity contribution in [2.45, 2.75) is 6.92 Å². The van der Waals surface area contributed by atoms with Gasteiger partial charge in [-0.2, -0.15) is 5.10 Å². The quantitative estimate of drug-likeness (QED) is 0.667. The molecule has 0 heterocycles. The van der Waals surface area contributed by atoms with E-state index in [0.717, 1.165) is 16.1 Å². The van der Waals surface area contributed by atoms with Crippen molar-refractivity contribution in [2.75, 3.05) is 17.6 Å². The molecule has 0 aliphatic heterocycles. The van der Waals surface area contributed by atoms with Crippen LogP contribution in [0, 0.1) is 0 Å². The Morgan fingerprint density at radius 3 is 2.12 bits per heavy atom. The second-order valence-corrected chi connectivity index (χ2v) is 7.30. The summed E-state index contributed by atoms with van der Waals surface area (Å²) in [5, 5.41) is 4.08. The molecule has 126 valence electrons. The number of sulfonamides is 1. The minimum atomic E-state index is -3.33. The molecule has 7 heteroatoms. The van der Waals surface area contributed by atoms with Gasteiger partial charge in [-0.3, -0.25) is 9.10 Å². The summed E-state index contributed by atoms with van der Waals surface area (Å²) in [6.07, 6.45) is 1.12. The van der Waals surface area contributed by atoms with Gasteiger partial charge in [0.25, 0.3) is 5.91 Å². The molecule has 0 fully saturated rings. The summed E-state index contributed by atoms with van der Waals surface area (Å²) in [6, 6.07) is 15.8. The fraction of sp³-hybridized carbons (Fsp3) is 0.176. The number of rotatable bonds is 5. The standard InChI is InChI=1S/C17H19N3O3S/c1-13(14-7-5-4-6-8-14)18-19-17(21)15-9-11-16(12-10-15)20(2)24(3,22)23/h4-12H,1-3H3,(H,19,21)/b18-13-. The van der Waals surface area contributed by atoms with Crippen LogP contribution in [0.15, 0.2) is 59.7 Å². The first-order chi connectivity index (χ1) is 11.3. The topological polar surface area (TPSA) is 78.8 Å². The van der Waals surface area contributed by atoms with Crippen molar-refractivity contribution in [3.8, 4) is 0 Å². The molecule has 0 spiro atoms. The van der Waals surface area contributed by atoms with Gasteiger partial charge in [-0.1, -0.05) is 30.3 Å². The molecule has 1 N–H and O–H groups in total. The highest BCUT2D eigenvalue weighted by Crippen LogP contribution is 2.16. The highest BCUT2D eigenvalue weighted by molar-refractivity contribution is 7.92. The molecule has 2 aromatic carbocycles. The number of nitrogens with zero attached hydrogens (tertiary/aromatic N) is 2. The summed E-state index contributed by atoms with van der Waals surface area (Å²) >= 11 is 0. The maximum absolute atomic E-state index is 12.1. The SMILES string of the molecule is C/C(=N/NC(=O)c1ccc(N(C)S(C)(=O)=O)cc1)c1ccccc1. The molecular formula is C17H19N3O3S. The summed E-state index contributed by atoms with van der Waals surface area (Å²) in [6.45, 7) is 1.81. The van der Waals surface area contributed by atoms with Crippen molar-refractivity contribution in [1.29, 1.82) is 0 Å². The molecular weight excluding hydrogens is 326 g/mol. The number of carbonyl (C=O) groups is 1. The Hall–Kier alpha value is -2.67. The van der Waals surface area contributed by atoms with Gasteiger partial charge in [0.15, 0.2) is 0 Å². The van der Waals surface area contributed by atoms with Gasteiger partial charge >= 0.3 is 0 Å². The molecule has 0 atom stereocenters. The molecule has 2 rings (SSSR count). The van der Waals surface area contributed by atoms with Gasteiger partial charge in [0.05, 0.1) is 17.7 Å². The lowest BCUT2D eigenvalue weighted by atomic mass is 10.1. The largest absolute Gasteiger partial charge is 0.274 e. The normalized spacial score (nSPS) is 11.9. The Labute approximate surface area is 141 Å². The summed E-state index contributed by atoms with van der Waals surface area (Å²) in [5.74, 6) is -0.362. The molecule has 0 aliphatic carbocycles. The van der Waals surface area contributed by atoms with Crippen molar-refractivity contribution < 1.29 is 13.2 Å². The van der Waals surface area contributed by atoms with E-state index in [1.807, 2.05) is 30.3 Å². The maximum Gasteiger partial charge on any atom is 0.271 e. The van der Waals surface area contributed by atoms with Gasteiger partial charge in [0.2, 0.25) is 10.0 Å². The van der Waals surface area contributed by atoms with Gasteiger partial charge in [0, 0.05) is 12.6 Å². The highest BCUT2D eigenvalue weighted by Gasteiger charge is 2.12. The average molecular weight is 345 g/mol. The van der Waals surface area contributed by atoms with E-state index in [1.54, 1.807) is 31.2 Å². The Morgan fingerprint density at radius 1 is 1.00 bits per heavy atom. The fourth-order valence-corrected chi connectivity index (χ4v) is 2.46. The minimum Gasteiger partial charge on any atom is -0.274 e. The third kappa shape index (κ3) is 4.42. The van der Waals surface area contributed by atoms with Gasteiger partial charge in [-0.25, -0.2) is 13.8 Å². The zero-order valence-corrected chi connectivity index (χ0v) is 14.5. The first-order valence-corrected chi connectivity index (χ1v) is 9.08. The number of hydrazone groups is 1. The summed E-state index contributed by atoms with van der Waals surface area (Å²) < 4.78 is 24.1. The molecule has 1 amide bonds. The number of hydrogen-bond donors (Lipinski definition) is 1. The lowest BCUT2D eigenvalue weighted by Gasteiger charge is -2.16. The van der Waals surface area contributed by atoms with Crippen molar-refractivity contribution >= 4 is 27.3 Å².